The van der Waals surface area contributed by atoms with Gasteiger partial charge in [0.1, 0.15) is 0 Å². The average Bonchev–Trinajstić information content (AvgIpc) is 3.08. The topological polar surface area (TPSA) is 37.4 Å². The average molecular weight is 255 g/mol. The molecule has 5 heteroatoms. The highest BCUT2D eigenvalue weighted by atomic mass is 32.1. The summed E-state index contributed by atoms with van der Waals surface area (Å²) in [6.07, 6.45) is 2.64. The number of methoxy groups -OCH3 is 1. The monoisotopic (exact) mass is 255 g/mol. The van der Waals surface area contributed by atoms with Gasteiger partial charge in [0.25, 0.3) is 0 Å². The van der Waals surface area contributed by atoms with Crippen molar-refractivity contribution in [3.63, 3.8) is 0 Å². The molecule has 0 aromatic carbocycles. The molecule has 1 aliphatic rings. The van der Waals surface area contributed by atoms with Crippen molar-refractivity contribution in [1.82, 2.24) is 10.3 Å². The minimum absolute atomic E-state index is 0.607. The SMILES string of the molecule is CCN(C)c1nc(COC)c(CNC2CC2)s1. The fraction of sp³-hybridized carbons (Fsp3) is 0.750. The van der Waals surface area contributed by atoms with Gasteiger partial charge in [-0.05, 0) is 19.8 Å². The third kappa shape index (κ3) is 3.40. The van der Waals surface area contributed by atoms with Gasteiger partial charge in [-0.3, -0.25) is 0 Å². The Balaban J connectivity index is 2.05. The van der Waals surface area contributed by atoms with Crippen LogP contribution in [0.4, 0.5) is 5.13 Å². The molecular formula is C12H21N3OS. The first-order valence-corrected chi connectivity index (χ1v) is 6.98. The largest absolute Gasteiger partial charge is 0.378 e. The highest BCUT2D eigenvalue weighted by molar-refractivity contribution is 7.15. The molecule has 0 atom stereocenters. The van der Waals surface area contributed by atoms with Crippen LogP contribution in [0.2, 0.25) is 0 Å². The highest BCUT2D eigenvalue weighted by Crippen LogP contribution is 2.27. The van der Waals surface area contributed by atoms with Crippen molar-refractivity contribution in [2.45, 2.75) is 39.0 Å². The number of aromatic nitrogens is 1. The fourth-order valence-corrected chi connectivity index (χ4v) is 2.62. The molecule has 1 N–H and O–H groups in total. The molecule has 0 amide bonds. The Morgan fingerprint density at radius 3 is 2.88 bits per heavy atom. The lowest BCUT2D eigenvalue weighted by molar-refractivity contribution is 0.181. The van der Waals surface area contributed by atoms with Crippen LogP contribution in [0.25, 0.3) is 0 Å². The Morgan fingerprint density at radius 2 is 2.29 bits per heavy atom. The van der Waals surface area contributed by atoms with Crippen molar-refractivity contribution in [3.8, 4) is 0 Å². The van der Waals surface area contributed by atoms with Crippen molar-refractivity contribution in [1.29, 1.82) is 0 Å². The predicted molar refractivity (Wildman–Crippen MR) is 71.6 cm³/mol. The van der Waals surface area contributed by atoms with E-state index in [1.807, 2.05) is 0 Å². The Kier molecular flexibility index (Phi) is 4.36. The van der Waals surface area contributed by atoms with E-state index in [9.17, 15) is 0 Å². The molecule has 1 heterocycles. The van der Waals surface area contributed by atoms with Gasteiger partial charge >= 0.3 is 0 Å². The lowest BCUT2D eigenvalue weighted by atomic mass is 10.3. The number of thiazole rings is 1. The smallest absolute Gasteiger partial charge is 0.185 e. The minimum Gasteiger partial charge on any atom is -0.378 e. The summed E-state index contributed by atoms with van der Waals surface area (Å²) in [6, 6.07) is 0.736. The van der Waals surface area contributed by atoms with E-state index in [0.29, 0.717) is 6.61 Å². The van der Waals surface area contributed by atoms with Gasteiger partial charge in [0.15, 0.2) is 5.13 Å². The Labute approximate surface area is 107 Å². The molecule has 0 spiro atoms. The summed E-state index contributed by atoms with van der Waals surface area (Å²) in [7, 11) is 3.80. The first-order chi connectivity index (χ1) is 8.24. The van der Waals surface area contributed by atoms with E-state index in [0.717, 1.165) is 30.0 Å². The second kappa shape index (κ2) is 5.80. The van der Waals surface area contributed by atoms with Crippen LogP contribution in [0, 0.1) is 0 Å². The van der Waals surface area contributed by atoms with Gasteiger partial charge in [-0.2, -0.15) is 0 Å². The molecule has 0 bridgehead atoms. The zero-order valence-electron chi connectivity index (χ0n) is 10.8. The molecule has 1 saturated carbocycles. The highest BCUT2D eigenvalue weighted by Gasteiger charge is 2.21. The standard InChI is InChI=1S/C12H21N3OS/c1-4-15(2)12-14-10(8-16-3)11(17-12)7-13-9-5-6-9/h9,13H,4-8H2,1-3H3. The molecule has 1 fully saturated rings. The maximum atomic E-state index is 5.22. The van der Waals surface area contributed by atoms with Crippen LogP contribution in [0.1, 0.15) is 30.3 Å². The molecule has 96 valence electrons. The van der Waals surface area contributed by atoms with E-state index in [4.69, 9.17) is 4.74 Å². The number of nitrogens with zero attached hydrogens (tertiary/aromatic N) is 2. The summed E-state index contributed by atoms with van der Waals surface area (Å²) >= 11 is 1.77. The van der Waals surface area contributed by atoms with Crippen LogP contribution < -0.4 is 10.2 Å². The summed E-state index contributed by atoms with van der Waals surface area (Å²) in [5.74, 6) is 0. The van der Waals surface area contributed by atoms with E-state index in [1.54, 1.807) is 18.4 Å². The van der Waals surface area contributed by atoms with Gasteiger partial charge in [0.05, 0.1) is 12.3 Å². The molecule has 17 heavy (non-hydrogen) atoms. The van der Waals surface area contributed by atoms with Crippen molar-refractivity contribution < 1.29 is 4.74 Å². The lowest BCUT2D eigenvalue weighted by Crippen LogP contribution is -2.15. The number of nitrogens with one attached hydrogen (secondary N) is 1. The quantitative estimate of drug-likeness (QED) is 0.808. The third-order valence-electron chi connectivity index (χ3n) is 2.98. The van der Waals surface area contributed by atoms with Crippen molar-refractivity contribution >= 4 is 16.5 Å². The van der Waals surface area contributed by atoms with Gasteiger partial charge in [0.2, 0.25) is 0 Å². The van der Waals surface area contributed by atoms with Gasteiger partial charge in [-0.25, -0.2) is 4.98 Å². The molecule has 1 aliphatic carbocycles. The summed E-state index contributed by atoms with van der Waals surface area (Å²) < 4.78 is 5.22. The molecule has 4 nitrogen and oxygen atoms in total. The van der Waals surface area contributed by atoms with Gasteiger partial charge in [0, 0.05) is 38.2 Å². The zero-order valence-corrected chi connectivity index (χ0v) is 11.6. The van der Waals surface area contributed by atoms with E-state index < -0.39 is 0 Å². The Bertz CT molecular complexity index is 363. The minimum atomic E-state index is 0.607. The number of hydrogen-bond donors (Lipinski definition) is 1. The van der Waals surface area contributed by atoms with Crippen LogP contribution in [-0.4, -0.2) is 31.7 Å². The first-order valence-electron chi connectivity index (χ1n) is 6.16. The van der Waals surface area contributed by atoms with E-state index in [-0.39, 0.29) is 0 Å². The van der Waals surface area contributed by atoms with Crippen LogP contribution in [-0.2, 0) is 17.9 Å². The molecule has 0 unspecified atom stereocenters. The van der Waals surface area contributed by atoms with E-state index in [2.05, 4.69) is 29.2 Å². The van der Waals surface area contributed by atoms with Crippen LogP contribution in [0.15, 0.2) is 0 Å². The second-order valence-electron chi connectivity index (χ2n) is 4.47. The zero-order chi connectivity index (χ0) is 12.3. The number of hydrogen-bond acceptors (Lipinski definition) is 5. The number of ether oxygens (including phenoxy) is 1. The Hall–Kier alpha value is -0.650. The molecule has 2 rings (SSSR count). The summed E-state index contributed by atoms with van der Waals surface area (Å²) in [5.41, 5.74) is 1.08. The fourth-order valence-electron chi connectivity index (χ4n) is 1.58. The third-order valence-corrected chi connectivity index (χ3v) is 4.19. The summed E-state index contributed by atoms with van der Waals surface area (Å²) in [4.78, 5) is 8.13. The normalized spacial score (nSPS) is 15.2. The Morgan fingerprint density at radius 1 is 1.53 bits per heavy atom. The first kappa shape index (κ1) is 12.8. The molecule has 0 saturated heterocycles. The summed E-state index contributed by atoms with van der Waals surface area (Å²) in [6.45, 7) is 4.66. The molecule has 1 aromatic rings. The molecule has 0 aliphatic heterocycles. The number of anilines is 1. The van der Waals surface area contributed by atoms with Crippen molar-refractivity contribution in [3.05, 3.63) is 10.6 Å². The van der Waals surface area contributed by atoms with Gasteiger partial charge in [-0.15, -0.1) is 11.3 Å². The maximum absolute atomic E-state index is 5.22. The maximum Gasteiger partial charge on any atom is 0.185 e. The molecule has 0 radical (unpaired) electrons. The molecule has 1 aromatic heterocycles. The summed E-state index contributed by atoms with van der Waals surface area (Å²) in [5, 5.41) is 4.63. The molecular weight excluding hydrogens is 234 g/mol. The van der Waals surface area contributed by atoms with Gasteiger partial charge in [-0.1, -0.05) is 0 Å². The van der Waals surface area contributed by atoms with Crippen LogP contribution in [0.5, 0.6) is 0 Å². The van der Waals surface area contributed by atoms with Crippen LogP contribution >= 0.6 is 11.3 Å². The van der Waals surface area contributed by atoms with E-state index >= 15 is 0 Å². The second-order valence-corrected chi connectivity index (χ2v) is 5.53. The van der Waals surface area contributed by atoms with E-state index in [1.165, 1.54) is 17.7 Å². The van der Waals surface area contributed by atoms with Crippen molar-refractivity contribution in [2.24, 2.45) is 0 Å². The van der Waals surface area contributed by atoms with Gasteiger partial charge < -0.3 is 15.0 Å². The predicted octanol–water partition coefficient (Wildman–Crippen LogP) is 2.00. The number of rotatable bonds is 7. The lowest BCUT2D eigenvalue weighted by Gasteiger charge is -2.11. The van der Waals surface area contributed by atoms with Crippen molar-refractivity contribution in [2.75, 3.05) is 25.6 Å². The van der Waals surface area contributed by atoms with Crippen LogP contribution in [0.3, 0.4) is 0 Å².